The molecule has 0 radical (unpaired) electrons. The number of hydrogen-bond donors (Lipinski definition) is 2. The molecule has 0 spiro atoms. The summed E-state index contributed by atoms with van der Waals surface area (Å²) in [5, 5.41) is 4.46. The van der Waals surface area contributed by atoms with Crippen LogP contribution in [0.4, 0.5) is 5.82 Å². The minimum atomic E-state index is 0.0925. The lowest BCUT2D eigenvalue weighted by Gasteiger charge is -2.02. The molecule has 3 aromatic heterocycles. The van der Waals surface area contributed by atoms with Crippen LogP contribution in [0, 0.1) is 6.92 Å². The Morgan fingerprint density at radius 3 is 2.79 bits per heavy atom. The molecule has 0 aliphatic heterocycles. The van der Waals surface area contributed by atoms with Crippen molar-refractivity contribution in [3.8, 4) is 5.82 Å². The Hall–Kier alpha value is -2.19. The average Bonchev–Trinajstić information content (AvgIpc) is 2.93. The van der Waals surface area contributed by atoms with Crippen molar-refractivity contribution < 1.29 is 0 Å². The molecule has 98 valence electrons. The van der Waals surface area contributed by atoms with E-state index in [4.69, 9.17) is 17.4 Å². The van der Waals surface area contributed by atoms with Crippen molar-refractivity contribution in [2.75, 3.05) is 5.43 Å². The summed E-state index contributed by atoms with van der Waals surface area (Å²) in [7, 11) is 1.87. The van der Waals surface area contributed by atoms with Crippen molar-refractivity contribution in [3.05, 3.63) is 23.4 Å². The number of nitrogens with zero attached hydrogens (tertiary/aromatic N) is 6. The summed E-state index contributed by atoms with van der Waals surface area (Å²) in [6.07, 6.45) is 1.61. The highest BCUT2D eigenvalue weighted by Gasteiger charge is 2.14. The van der Waals surface area contributed by atoms with Gasteiger partial charge in [-0.2, -0.15) is 15.1 Å². The van der Waals surface area contributed by atoms with Gasteiger partial charge in [0.2, 0.25) is 5.28 Å². The Balaban J connectivity index is 2.28. The first kappa shape index (κ1) is 11.9. The molecule has 8 nitrogen and oxygen atoms in total. The molecule has 0 aliphatic carbocycles. The monoisotopic (exact) mass is 278 g/mol. The van der Waals surface area contributed by atoms with Crippen LogP contribution in [0.15, 0.2) is 12.4 Å². The molecular formula is C10H11ClN8. The highest BCUT2D eigenvalue weighted by atomic mass is 35.5. The number of nitrogens with two attached hydrogens (primary N) is 1. The van der Waals surface area contributed by atoms with Crippen molar-refractivity contribution in [2.45, 2.75) is 6.92 Å². The normalized spacial score (nSPS) is 11.2. The summed E-state index contributed by atoms with van der Waals surface area (Å²) in [4.78, 5) is 12.4. The van der Waals surface area contributed by atoms with Gasteiger partial charge in [-0.3, -0.25) is 9.25 Å². The van der Waals surface area contributed by atoms with Gasteiger partial charge in [0.05, 0.1) is 0 Å². The van der Waals surface area contributed by atoms with Crippen LogP contribution in [0.5, 0.6) is 0 Å². The number of hydrazine groups is 1. The van der Waals surface area contributed by atoms with E-state index in [9.17, 15) is 0 Å². The number of halogens is 1. The van der Waals surface area contributed by atoms with E-state index >= 15 is 0 Å². The molecular weight excluding hydrogens is 268 g/mol. The zero-order valence-electron chi connectivity index (χ0n) is 10.3. The number of anilines is 1. The first-order valence-corrected chi connectivity index (χ1v) is 5.86. The molecule has 0 aromatic carbocycles. The van der Waals surface area contributed by atoms with Crippen LogP contribution in [-0.2, 0) is 7.05 Å². The van der Waals surface area contributed by atoms with Gasteiger partial charge in [-0.05, 0) is 18.5 Å². The smallest absolute Gasteiger partial charge is 0.226 e. The quantitative estimate of drug-likeness (QED) is 0.408. The fourth-order valence-electron chi connectivity index (χ4n) is 1.80. The molecule has 0 unspecified atom stereocenters. The minimum absolute atomic E-state index is 0.0925. The van der Waals surface area contributed by atoms with Gasteiger partial charge < -0.3 is 5.43 Å². The summed E-state index contributed by atoms with van der Waals surface area (Å²) in [5.41, 5.74) is 4.56. The molecule has 0 aliphatic rings. The van der Waals surface area contributed by atoms with E-state index in [0.29, 0.717) is 22.8 Å². The highest BCUT2D eigenvalue weighted by molar-refractivity contribution is 6.28. The molecule has 3 aromatic rings. The summed E-state index contributed by atoms with van der Waals surface area (Å²) < 4.78 is 3.50. The Morgan fingerprint density at radius 2 is 2.16 bits per heavy atom. The highest BCUT2D eigenvalue weighted by Crippen LogP contribution is 2.22. The molecule has 9 heteroatoms. The van der Waals surface area contributed by atoms with Gasteiger partial charge in [0.25, 0.3) is 0 Å². The standard InChI is InChI=1S/C10H11ClN8/c1-5-3-6(17-18(5)2)19-4-13-7-8(16-12)14-10(11)15-9(7)19/h3-4H,12H2,1-2H3,(H,14,15,16). The number of imidazole rings is 1. The maximum Gasteiger partial charge on any atom is 0.226 e. The summed E-state index contributed by atoms with van der Waals surface area (Å²) in [6.45, 7) is 1.96. The lowest BCUT2D eigenvalue weighted by molar-refractivity contribution is 0.729. The SMILES string of the molecule is Cc1cc(-n2cnc3c(NN)nc(Cl)nc32)nn1C. The number of aromatic nitrogens is 6. The Kier molecular flexibility index (Phi) is 2.61. The number of hydrogen-bond acceptors (Lipinski definition) is 6. The van der Waals surface area contributed by atoms with Crippen molar-refractivity contribution in [2.24, 2.45) is 12.9 Å². The summed E-state index contributed by atoms with van der Waals surface area (Å²) >= 11 is 5.87. The third-order valence-electron chi connectivity index (χ3n) is 2.85. The van der Waals surface area contributed by atoms with Crippen LogP contribution in [0.3, 0.4) is 0 Å². The zero-order chi connectivity index (χ0) is 13.6. The van der Waals surface area contributed by atoms with Gasteiger partial charge in [0.1, 0.15) is 6.33 Å². The van der Waals surface area contributed by atoms with E-state index < -0.39 is 0 Å². The number of nitrogen functional groups attached to an aromatic ring is 1. The van der Waals surface area contributed by atoms with Crippen molar-refractivity contribution >= 4 is 28.6 Å². The lowest BCUT2D eigenvalue weighted by Crippen LogP contribution is -2.10. The summed E-state index contributed by atoms with van der Waals surface area (Å²) in [6, 6.07) is 1.92. The lowest BCUT2D eigenvalue weighted by atomic mass is 10.4. The van der Waals surface area contributed by atoms with E-state index in [0.717, 1.165) is 5.69 Å². The zero-order valence-corrected chi connectivity index (χ0v) is 11.0. The molecule has 0 fully saturated rings. The Morgan fingerprint density at radius 1 is 1.37 bits per heavy atom. The molecule has 0 bridgehead atoms. The third-order valence-corrected chi connectivity index (χ3v) is 3.02. The largest absolute Gasteiger partial charge is 0.306 e. The topological polar surface area (TPSA) is 99.5 Å². The van der Waals surface area contributed by atoms with Gasteiger partial charge in [-0.1, -0.05) is 0 Å². The second-order valence-corrected chi connectivity index (χ2v) is 4.38. The second kappa shape index (κ2) is 4.18. The van der Waals surface area contributed by atoms with E-state index in [1.54, 1.807) is 15.6 Å². The number of fused-ring (bicyclic) bond motifs is 1. The van der Waals surface area contributed by atoms with Crippen LogP contribution >= 0.6 is 11.6 Å². The van der Waals surface area contributed by atoms with Crippen molar-refractivity contribution in [1.82, 2.24) is 29.3 Å². The Labute approximate surface area is 113 Å². The maximum atomic E-state index is 5.87. The van der Waals surface area contributed by atoms with Crippen LogP contribution < -0.4 is 11.3 Å². The molecule has 3 rings (SSSR count). The molecule has 0 saturated carbocycles. The molecule has 3 N–H and O–H groups in total. The van der Waals surface area contributed by atoms with Gasteiger partial charge in [-0.15, -0.1) is 0 Å². The first-order valence-electron chi connectivity index (χ1n) is 5.48. The van der Waals surface area contributed by atoms with Crippen molar-refractivity contribution in [1.29, 1.82) is 0 Å². The Bertz CT molecular complexity index is 739. The van der Waals surface area contributed by atoms with Gasteiger partial charge in [-0.25, -0.2) is 10.8 Å². The number of rotatable bonds is 2. The van der Waals surface area contributed by atoms with E-state index in [1.807, 2.05) is 20.0 Å². The minimum Gasteiger partial charge on any atom is -0.306 e. The second-order valence-electron chi connectivity index (χ2n) is 4.04. The van der Waals surface area contributed by atoms with Gasteiger partial charge in [0.15, 0.2) is 22.8 Å². The predicted octanol–water partition coefficient (Wildman–Crippen LogP) is 0.796. The third kappa shape index (κ3) is 1.81. The molecule has 0 saturated heterocycles. The van der Waals surface area contributed by atoms with E-state index in [-0.39, 0.29) is 5.28 Å². The maximum absolute atomic E-state index is 5.87. The molecule has 3 heterocycles. The number of aryl methyl sites for hydroxylation is 2. The van der Waals surface area contributed by atoms with Crippen molar-refractivity contribution in [3.63, 3.8) is 0 Å². The fourth-order valence-corrected chi connectivity index (χ4v) is 1.97. The average molecular weight is 279 g/mol. The van der Waals surface area contributed by atoms with Gasteiger partial charge >= 0.3 is 0 Å². The van der Waals surface area contributed by atoms with Crippen LogP contribution in [0.1, 0.15) is 5.69 Å². The number of nitrogens with one attached hydrogen (secondary N) is 1. The van der Waals surface area contributed by atoms with Crippen LogP contribution in [0.25, 0.3) is 17.0 Å². The van der Waals surface area contributed by atoms with Crippen LogP contribution in [-0.4, -0.2) is 29.3 Å². The predicted molar refractivity (Wildman–Crippen MR) is 71.0 cm³/mol. The van der Waals surface area contributed by atoms with Crippen LogP contribution in [0.2, 0.25) is 5.28 Å². The van der Waals surface area contributed by atoms with Gasteiger partial charge in [0, 0.05) is 18.8 Å². The summed E-state index contributed by atoms with van der Waals surface area (Å²) in [5.74, 6) is 6.48. The fraction of sp³-hybridized carbons (Fsp3) is 0.200. The van der Waals surface area contributed by atoms with E-state index in [2.05, 4.69) is 25.5 Å². The molecule has 0 amide bonds. The molecule has 19 heavy (non-hydrogen) atoms. The van der Waals surface area contributed by atoms with E-state index in [1.165, 1.54) is 0 Å². The molecule has 0 atom stereocenters. The first-order chi connectivity index (χ1) is 9.10.